The van der Waals surface area contributed by atoms with Gasteiger partial charge in [0, 0.05) is 36.8 Å². The molecular formula is C22H29N3O3S. The summed E-state index contributed by atoms with van der Waals surface area (Å²) in [5.74, 6) is -0.177. The highest BCUT2D eigenvalue weighted by Gasteiger charge is 2.25. The number of nitrogens with zero attached hydrogens (tertiary/aromatic N) is 1. The highest BCUT2D eigenvalue weighted by molar-refractivity contribution is 7.89. The van der Waals surface area contributed by atoms with Crippen molar-refractivity contribution in [3.05, 3.63) is 65.7 Å². The zero-order chi connectivity index (χ0) is 21.1. The molecule has 1 fully saturated rings. The Balaban J connectivity index is 1.56. The summed E-state index contributed by atoms with van der Waals surface area (Å²) in [6.45, 7) is 7.98. The van der Waals surface area contributed by atoms with Crippen molar-refractivity contribution in [1.29, 1.82) is 0 Å². The fourth-order valence-electron chi connectivity index (χ4n) is 3.45. The van der Waals surface area contributed by atoms with Crippen molar-refractivity contribution in [3.8, 4) is 0 Å². The Kier molecular flexibility index (Phi) is 6.41. The summed E-state index contributed by atoms with van der Waals surface area (Å²) in [5.41, 5.74) is 1.16. The van der Waals surface area contributed by atoms with Crippen LogP contribution < -0.4 is 10.0 Å². The monoisotopic (exact) mass is 415 g/mol. The molecule has 0 radical (unpaired) electrons. The molecule has 7 heteroatoms. The maximum atomic E-state index is 12.6. The molecular weight excluding hydrogens is 386 g/mol. The second-order valence-corrected chi connectivity index (χ2v) is 10.2. The first-order chi connectivity index (χ1) is 13.6. The molecule has 1 unspecified atom stereocenters. The van der Waals surface area contributed by atoms with Crippen LogP contribution in [0.2, 0.25) is 0 Å². The normalized spacial score (nSPS) is 18.0. The van der Waals surface area contributed by atoms with Crippen molar-refractivity contribution in [2.45, 2.75) is 50.2 Å². The smallest absolute Gasteiger partial charge is 0.251 e. The van der Waals surface area contributed by atoms with E-state index in [9.17, 15) is 13.2 Å². The highest BCUT2D eigenvalue weighted by atomic mass is 32.2. The van der Waals surface area contributed by atoms with E-state index in [1.807, 2.05) is 18.2 Å². The van der Waals surface area contributed by atoms with E-state index in [0.29, 0.717) is 5.56 Å². The van der Waals surface area contributed by atoms with Gasteiger partial charge in [-0.3, -0.25) is 9.69 Å². The molecule has 156 valence electrons. The third kappa shape index (κ3) is 6.13. The standard InChI is InChI=1S/C22H29N3O3S/c1-22(2,3)24-29(27,28)20-11-9-18(10-12-20)21(26)23-19-13-14-25(16-19)15-17-7-5-4-6-8-17/h4-12,19,24H,13-16H2,1-3H3,(H,23,26). The van der Waals surface area contributed by atoms with Gasteiger partial charge in [-0.05, 0) is 57.0 Å². The number of benzene rings is 2. The Morgan fingerprint density at radius 2 is 1.72 bits per heavy atom. The number of nitrogens with one attached hydrogen (secondary N) is 2. The lowest BCUT2D eigenvalue weighted by Gasteiger charge is -2.20. The Labute approximate surface area is 173 Å². The molecule has 1 atom stereocenters. The van der Waals surface area contributed by atoms with Crippen LogP contribution in [0.3, 0.4) is 0 Å². The van der Waals surface area contributed by atoms with Gasteiger partial charge in [-0.25, -0.2) is 13.1 Å². The summed E-state index contributed by atoms with van der Waals surface area (Å²) in [5, 5.41) is 3.06. The molecule has 6 nitrogen and oxygen atoms in total. The second kappa shape index (κ2) is 8.65. The lowest BCUT2D eigenvalue weighted by molar-refractivity contribution is 0.0937. The average molecular weight is 416 g/mol. The zero-order valence-electron chi connectivity index (χ0n) is 17.2. The minimum Gasteiger partial charge on any atom is -0.348 e. The van der Waals surface area contributed by atoms with E-state index in [1.165, 1.54) is 17.7 Å². The van der Waals surface area contributed by atoms with Crippen LogP contribution in [0.4, 0.5) is 0 Å². The Morgan fingerprint density at radius 3 is 2.34 bits per heavy atom. The lowest BCUT2D eigenvalue weighted by atomic mass is 10.1. The average Bonchev–Trinajstić information content (AvgIpc) is 3.07. The molecule has 0 aromatic heterocycles. The Bertz CT molecular complexity index is 936. The number of hydrogen-bond donors (Lipinski definition) is 2. The van der Waals surface area contributed by atoms with Crippen molar-refractivity contribution >= 4 is 15.9 Å². The summed E-state index contributed by atoms with van der Waals surface area (Å²) in [4.78, 5) is 15.0. The van der Waals surface area contributed by atoms with Crippen LogP contribution in [0, 0.1) is 0 Å². The van der Waals surface area contributed by atoms with Crippen LogP contribution in [0.25, 0.3) is 0 Å². The number of carbonyl (C=O) groups is 1. The highest BCUT2D eigenvalue weighted by Crippen LogP contribution is 2.16. The van der Waals surface area contributed by atoms with Crippen LogP contribution in [-0.2, 0) is 16.6 Å². The maximum absolute atomic E-state index is 12.6. The van der Waals surface area contributed by atoms with Crippen molar-refractivity contribution in [3.63, 3.8) is 0 Å². The zero-order valence-corrected chi connectivity index (χ0v) is 18.0. The van der Waals surface area contributed by atoms with E-state index >= 15 is 0 Å². The Morgan fingerprint density at radius 1 is 1.07 bits per heavy atom. The summed E-state index contributed by atoms with van der Waals surface area (Å²) >= 11 is 0. The maximum Gasteiger partial charge on any atom is 0.251 e. The molecule has 0 bridgehead atoms. The van der Waals surface area contributed by atoms with Gasteiger partial charge in [0.25, 0.3) is 5.91 Å². The van der Waals surface area contributed by atoms with Gasteiger partial charge in [-0.1, -0.05) is 30.3 Å². The molecule has 0 spiro atoms. The van der Waals surface area contributed by atoms with Gasteiger partial charge < -0.3 is 5.32 Å². The van der Waals surface area contributed by atoms with Crippen LogP contribution in [0.15, 0.2) is 59.5 Å². The molecule has 0 aliphatic carbocycles. The largest absolute Gasteiger partial charge is 0.348 e. The number of carbonyl (C=O) groups excluding carboxylic acids is 1. The summed E-state index contributed by atoms with van der Waals surface area (Å²) in [6.07, 6.45) is 0.903. The Hall–Kier alpha value is -2.22. The van der Waals surface area contributed by atoms with Gasteiger partial charge in [-0.15, -0.1) is 0 Å². The molecule has 29 heavy (non-hydrogen) atoms. The van der Waals surface area contributed by atoms with Gasteiger partial charge in [-0.2, -0.15) is 0 Å². The molecule has 2 aromatic rings. The van der Waals surface area contributed by atoms with E-state index < -0.39 is 15.6 Å². The molecule has 3 rings (SSSR count). The first kappa shape index (κ1) is 21.5. The second-order valence-electron chi connectivity index (χ2n) is 8.56. The summed E-state index contributed by atoms with van der Waals surface area (Å²) in [6, 6.07) is 16.4. The van der Waals surface area contributed by atoms with Gasteiger partial charge in [0.2, 0.25) is 10.0 Å². The number of sulfonamides is 1. The minimum absolute atomic E-state index is 0.0946. The first-order valence-electron chi connectivity index (χ1n) is 9.84. The van der Waals surface area contributed by atoms with Gasteiger partial charge >= 0.3 is 0 Å². The predicted octanol–water partition coefficient (Wildman–Crippen LogP) is 2.77. The molecule has 1 amide bonds. The lowest BCUT2D eigenvalue weighted by Crippen LogP contribution is -2.40. The third-order valence-corrected chi connectivity index (χ3v) is 6.50. The molecule has 2 aromatic carbocycles. The van der Waals surface area contributed by atoms with E-state index in [0.717, 1.165) is 26.1 Å². The van der Waals surface area contributed by atoms with Gasteiger partial charge in [0.05, 0.1) is 4.90 Å². The minimum atomic E-state index is -3.61. The molecule has 1 aliphatic rings. The molecule has 2 N–H and O–H groups in total. The van der Waals surface area contributed by atoms with Crippen LogP contribution >= 0.6 is 0 Å². The molecule has 0 saturated carbocycles. The SMILES string of the molecule is CC(C)(C)NS(=O)(=O)c1ccc(C(=O)NC2CCN(Cc3ccccc3)C2)cc1. The van der Waals surface area contributed by atoms with Crippen LogP contribution in [0.5, 0.6) is 0 Å². The van der Waals surface area contributed by atoms with E-state index in [4.69, 9.17) is 0 Å². The van der Waals surface area contributed by atoms with E-state index in [-0.39, 0.29) is 16.8 Å². The van der Waals surface area contributed by atoms with Crippen molar-refractivity contribution in [1.82, 2.24) is 14.9 Å². The fraction of sp³-hybridized carbons (Fsp3) is 0.409. The first-order valence-corrected chi connectivity index (χ1v) is 11.3. The topological polar surface area (TPSA) is 78.5 Å². The number of rotatable bonds is 6. The third-order valence-electron chi connectivity index (χ3n) is 4.72. The number of likely N-dealkylation sites (tertiary alicyclic amines) is 1. The van der Waals surface area contributed by atoms with Gasteiger partial charge in [0.15, 0.2) is 0 Å². The van der Waals surface area contributed by atoms with E-state index in [2.05, 4.69) is 27.1 Å². The van der Waals surface area contributed by atoms with E-state index in [1.54, 1.807) is 32.9 Å². The van der Waals surface area contributed by atoms with Crippen LogP contribution in [-0.4, -0.2) is 43.9 Å². The predicted molar refractivity (Wildman–Crippen MR) is 114 cm³/mol. The van der Waals surface area contributed by atoms with Gasteiger partial charge in [0.1, 0.15) is 0 Å². The van der Waals surface area contributed by atoms with Crippen molar-refractivity contribution < 1.29 is 13.2 Å². The summed E-state index contributed by atoms with van der Waals surface area (Å²) in [7, 11) is -3.61. The van der Waals surface area contributed by atoms with Crippen molar-refractivity contribution in [2.75, 3.05) is 13.1 Å². The quantitative estimate of drug-likeness (QED) is 0.760. The number of amides is 1. The molecule has 1 aliphatic heterocycles. The van der Waals surface area contributed by atoms with Crippen LogP contribution in [0.1, 0.15) is 43.1 Å². The fourth-order valence-corrected chi connectivity index (χ4v) is 4.87. The molecule has 1 saturated heterocycles. The summed E-state index contributed by atoms with van der Waals surface area (Å²) < 4.78 is 27.4. The number of hydrogen-bond acceptors (Lipinski definition) is 4. The molecule has 1 heterocycles. The van der Waals surface area contributed by atoms with Crippen molar-refractivity contribution in [2.24, 2.45) is 0 Å².